The van der Waals surface area contributed by atoms with Crippen LogP contribution in [-0.2, 0) is 33.8 Å². The fraction of sp³-hybridized carbons (Fsp3) is 0.577. The maximum absolute atomic E-state index is 13.1. The zero-order chi connectivity index (χ0) is 24.5. The van der Waals surface area contributed by atoms with Gasteiger partial charge in [-0.25, -0.2) is 4.21 Å². The highest BCUT2D eigenvalue weighted by Crippen LogP contribution is 2.38. The Morgan fingerprint density at radius 3 is 2.56 bits per heavy atom. The first-order valence-electron chi connectivity index (χ1n) is 12.2. The number of amides is 1. The van der Waals surface area contributed by atoms with Gasteiger partial charge >= 0.3 is 0 Å². The van der Waals surface area contributed by atoms with E-state index in [0.717, 1.165) is 36.0 Å². The van der Waals surface area contributed by atoms with Crippen LogP contribution in [0, 0.1) is 11.8 Å². The maximum atomic E-state index is 13.1. The number of ether oxygens (including phenoxy) is 1. The van der Waals surface area contributed by atoms with Crippen LogP contribution in [0.15, 0.2) is 30.3 Å². The smallest absolute Gasteiger partial charge is 0.259 e. The lowest BCUT2D eigenvalue weighted by atomic mass is 9.86. The average Bonchev–Trinajstić information content (AvgIpc) is 3.18. The number of hydrogen-bond donors (Lipinski definition) is 2. The van der Waals surface area contributed by atoms with Gasteiger partial charge in [-0.2, -0.15) is 0 Å². The van der Waals surface area contributed by atoms with Crippen molar-refractivity contribution in [2.45, 2.75) is 65.3 Å². The third kappa shape index (κ3) is 8.18. The van der Waals surface area contributed by atoms with E-state index in [1.54, 1.807) is 7.11 Å². The minimum atomic E-state index is -2.12. The van der Waals surface area contributed by atoms with E-state index in [1.807, 2.05) is 29.2 Å². The highest BCUT2D eigenvalue weighted by molar-refractivity contribution is 7.80. The van der Waals surface area contributed by atoms with E-state index in [2.05, 4.69) is 24.6 Å². The van der Waals surface area contributed by atoms with Gasteiger partial charge in [-0.1, -0.05) is 57.4 Å². The second-order valence-corrected chi connectivity index (χ2v) is 11.5. The SMILES string of the molecule is COCCN(Cc1ccc(-c2cc(CC(C)C)sc2NS(=O)O)cc1)C(=O)CC1CCCCC1. The average molecular weight is 507 g/mol. The molecule has 1 aromatic carbocycles. The summed E-state index contributed by atoms with van der Waals surface area (Å²) in [7, 11) is 1.66. The maximum Gasteiger partial charge on any atom is 0.259 e. The lowest BCUT2D eigenvalue weighted by Gasteiger charge is -2.27. The van der Waals surface area contributed by atoms with Crippen LogP contribution in [0.25, 0.3) is 11.1 Å². The second-order valence-electron chi connectivity index (χ2n) is 9.62. The van der Waals surface area contributed by atoms with Gasteiger partial charge < -0.3 is 9.64 Å². The molecule has 1 aliphatic carbocycles. The quantitative estimate of drug-likeness (QED) is 0.341. The molecule has 0 saturated heterocycles. The minimum Gasteiger partial charge on any atom is -0.383 e. The van der Waals surface area contributed by atoms with Gasteiger partial charge in [-0.15, -0.1) is 11.3 Å². The summed E-state index contributed by atoms with van der Waals surface area (Å²) >= 11 is -0.596. The van der Waals surface area contributed by atoms with Gasteiger partial charge in [0.2, 0.25) is 5.91 Å². The van der Waals surface area contributed by atoms with Crippen LogP contribution in [0.4, 0.5) is 5.00 Å². The molecule has 2 aromatic rings. The molecule has 1 aromatic heterocycles. The van der Waals surface area contributed by atoms with Gasteiger partial charge in [0.25, 0.3) is 11.3 Å². The number of nitrogens with zero attached hydrogens (tertiary/aromatic N) is 1. The molecule has 1 atom stereocenters. The number of hydrogen-bond acceptors (Lipinski definition) is 4. The fourth-order valence-electron chi connectivity index (χ4n) is 4.59. The predicted octanol–water partition coefficient (Wildman–Crippen LogP) is 6.11. The van der Waals surface area contributed by atoms with Gasteiger partial charge in [-0.05, 0) is 48.3 Å². The monoisotopic (exact) mass is 506 g/mol. The van der Waals surface area contributed by atoms with E-state index < -0.39 is 11.3 Å². The molecule has 6 nitrogen and oxygen atoms in total. The molecule has 1 aliphatic rings. The Bertz CT molecular complexity index is 937. The van der Waals surface area contributed by atoms with Gasteiger partial charge in [0.05, 0.1) is 6.61 Å². The summed E-state index contributed by atoms with van der Waals surface area (Å²) in [6.07, 6.45) is 7.63. The lowest BCUT2D eigenvalue weighted by Crippen LogP contribution is -2.34. The van der Waals surface area contributed by atoms with Crippen LogP contribution < -0.4 is 4.72 Å². The first kappa shape index (κ1) is 26.9. The highest BCUT2D eigenvalue weighted by Gasteiger charge is 2.21. The van der Waals surface area contributed by atoms with Crippen molar-refractivity contribution in [1.29, 1.82) is 0 Å². The number of carbonyl (C=O) groups is 1. The molecule has 3 rings (SSSR count). The Balaban J connectivity index is 1.73. The first-order valence-corrected chi connectivity index (χ1v) is 14.1. The molecule has 1 fully saturated rings. The molecule has 1 heterocycles. The minimum absolute atomic E-state index is 0.209. The number of carbonyl (C=O) groups excluding carboxylic acids is 1. The summed E-state index contributed by atoms with van der Waals surface area (Å²) in [4.78, 5) is 16.2. The molecular formula is C26H38N2O4S2. The van der Waals surface area contributed by atoms with Crippen LogP contribution in [0.2, 0.25) is 0 Å². The number of methoxy groups -OCH3 is 1. The Hall–Kier alpha value is -1.74. The standard InChI is InChI=1S/C26H38N2O4S2/c1-19(2)15-23-17-24(26(33-23)27-34(30)31)22-11-9-21(10-12-22)18-28(13-14-32-3)25(29)16-20-7-5-4-6-8-20/h9-12,17,19-20,27H,4-8,13-16,18H2,1-3H3,(H,30,31). The summed E-state index contributed by atoms with van der Waals surface area (Å²) in [5.74, 6) is 1.22. The molecule has 0 radical (unpaired) electrons. The van der Waals surface area contributed by atoms with Gasteiger partial charge in [0.15, 0.2) is 0 Å². The molecule has 0 spiro atoms. The zero-order valence-electron chi connectivity index (χ0n) is 20.5. The van der Waals surface area contributed by atoms with Crippen molar-refractivity contribution < 1.29 is 18.3 Å². The molecule has 0 bridgehead atoms. The Morgan fingerprint density at radius 1 is 1.24 bits per heavy atom. The van der Waals surface area contributed by atoms with Crippen LogP contribution in [0.1, 0.15) is 62.8 Å². The third-order valence-corrected chi connectivity index (χ3v) is 7.90. The Morgan fingerprint density at radius 2 is 1.94 bits per heavy atom. The van der Waals surface area contributed by atoms with Crippen molar-refractivity contribution in [3.8, 4) is 11.1 Å². The van der Waals surface area contributed by atoms with Crippen LogP contribution in [0.3, 0.4) is 0 Å². The van der Waals surface area contributed by atoms with Crippen molar-refractivity contribution in [3.05, 3.63) is 40.8 Å². The van der Waals surface area contributed by atoms with Crippen molar-refractivity contribution >= 4 is 33.5 Å². The molecule has 8 heteroatoms. The summed E-state index contributed by atoms with van der Waals surface area (Å²) in [6, 6.07) is 10.3. The third-order valence-electron chi connectivity index (χ3n) is 6.32. The van der Waals surface area contributed by atoms with Gasteiger partial charge in [-0.3, -0.25) is 14.1 Å². The topological polar surface area (TPSA) is 78.9 Å². The number of nitrogens with one attached hydrogen (secondary N) is 1. The number of rotatable bonds is 12. The molecule has 1 amide bonds. The molecule has 188 valence electrons. The molecule has 1 unspecified atom stereocenters. The van der Waals surface area contributed by atoms with Crippen molar-refractivity contribution in [3.63, 3.8) is 0 Å². The van der Waals surface area contributed by atoms with E-state index >= 15 is 0 Å². The van der Waals surface area contributed by atoms with Crippen molar-refractivity contribution in [1.82, 2.24) is 4.90 Å². The Kier molecular flexibility index (Phi) is 10.6. The van der Waals surface area contributed by atoms with E-state index in [1.165, 1.54) is 35.5 Å². The second kappa shape index (κ2) is 13.4. The van der Waals surface area contributed by atoms with Crippen LogP contribution >= 0.6 is 11.3 Å². The number of thiophene rings is 1. The highest BCUT2D eigenvalue weighted by atomic mass is 32.2. The van der Waals surface area contributed by atoms with Crippen LogP contribution in [0.5, 0.6) is 0 Å². The summed E-state index contributed by atoms with van der Waals surface area (Å²) in [6.45, 7) is 5.99. The van der Waals surface area contributed by atoms with Crippen LogP contribution in [-0.4, -0.2) is 39.8 Å². The zero-order valence-corrected chi connectivity index (χ0v) is 22.2. The molecule has 34 heavy (non-hydrogen) atoms. The van der Waals surface area contributed by atoms with Crippen molar-refractivity contribution in [2.75, 3.05) is 25.0 Å². The van der Waals surface area contributed by atoms with E-state index in [4.69, 9.17) is 4.74 Å². The van der Waals surface area contributed by atoms with Gasteiger partial charge in [0, 0.05) is 37.1 Å². The van der Waals surface area contributed by atoms with Crippen molar-refractivity contribution in [2.24, 2.45) is 11.8 Å². The Labute approximate surface area is 210 Å². The predicted molar refractivity (Wildman–Crippen MR) is 141 cm³/mol. The first-order chi connectivity index (χ1) is 16.4. The summed E-state index contributed by atoms with van der Waals surface area (Å²) < 4.78 is 28.7. The van der Waals surface area contributed by atoms with E-state index in [9.17, 15) is 13.6 Å². The summed E-state index contributed by atoms with van der Waals surface area (Å²) in [5, 5.41) is 0.702. The van der Waals surface area contributed by atoms with Gasteiger partial charge in [0.1, 0.15) is 5.00 Å². The largest absolute Gasteiger partial charge is 0.383 e. The molecule has 1 saturated carbocycles. The molecule has 0 aliphatic heterocycles. The fourth-order valence-corrected chi connectivity index (χ4v) is 6.38. The number of anilines is 1. The number of benzene rings is 1. The molecule has 2 N–H and O–H groups in total. The van der Waals surface area contributed by atoms with E-state index in [0.29, 0.717) is 43.0 Å². The normalized spacial score (nSPS) is 15.4. The van der Waals surface area contributed by atoms with E-state index in [-0.39, 0.29) is 5.91 Å². The molecular weight excluding hydrogens is 468 g/mol. The lowest BCUT2D eigenvalue weighted by molar-refractivity contribution is -0.133. The summed E-state index contributed by atoms with van der Waals surface area (Å²) in [5.41, 5.74) is 2.98.